The van der Waals surface area contributed by atoms with Gasteiger partial charge in [-0.1, -0.05) is 12.8 Å². The molecule has 2 fully saturated rings. The van der Waals surface area contributed by atoms with Gasteiger partial charge in [-0.3, -0.25) is 0 Å². The second-order valence-corrected chi connectivity index (χ2v) is 5.49. The summed E-state index contributed by atoms with van der Waals surface area (Å²) in [5, 5.41) is 13.1. The Bertz CT molecular complexity index is 208. The van der Waals surface area contributed by atoms with Gasteiger partial charge < -0.3 is 15.2 Å². The van der Waals surface area contributed by atoms with Gasteiger partial charge in [-0.25, -0.2) is 0 Å². The van der Waals surface area contributed by atoms with Gasteiger partial charge in [-0.15, -0.1) is 0 Å². The maximum atomic E-state index is 9.49. The fraction of sp³-hybridized carbons (Fsp3) is 1.00. The monoisotopic (exact) mass is 227 g/mol. The summed E-state index contributed by atoms with van der Waals surface area (Å²) >= 11 is 0. The molecule has 2 saturated carbocycles. The van der Waals surface area contributed by atoms with Crippen LogP contribution in [-0.2, 0) is 4.74 Å². The highest BCUT2D eigenvalue weighted by Crippen LogP contribution is 2.37. The number of hydrogen-bond acceptors (Lipinski definition) is 3. The van der Waals surface area contributed by atoms with Gasteiger partial charge in [-0.05, 0) is 32.6 Å². The van der Waals surface area contributed by atoms with Crippen LogP contribution in [0, 0.1) is 5.41 Å². The maximum Gasteiger partial charge on any atom is 0.0604 e. The lowest BCUT2D eigenvalue weighted by Crippen LogP contribution is -2.49. The van der Waals surface area contributed by atoms with Crippen LogP contribution in [0.3, 0.4) is 0 Å². The summed E-state index contributed by atoms with van der Waals surface area (Å²) in [6, 6.07) is 0.626. The van der Waals surface area contributed by atoms with Crippen molar-refractivity contribution in [2.24, 2.45) is 5.41 Å². The Morgan fingerprint density at radius 3 is 2.56 bits per heavy atom. The van der Waals surface area contributed by atoms with E-state index >= 15 is 0 Å². The van der Waals surface area contributed by atoms with Crippen molar-refractivity contribution in [3.8, 4) is 0 Å². The molecule has 0 aromatic carbocycles. The van der Waals surface area contributed by atoms with Crippen LogP contribution in [0.1, 0.15) is 45.4 Å². The van der Waals surface area contributed by atoms with Crippen LogP contribution in [0.15, 0.2) is 0 Å². The van der Waals surface area contributed by atoms with Gasteiger partial charge in [0.05, 0.1) is 6.10 Å². The number of rotatable bonds is 6. The molecule has 0 atom stereocenters. The smallest absolute Gasteiger partial charge is 0.0604 e. The third kappa shape index (κ3) is 2.76. The second-order valence-electron chi connectivity index (χ2n) is 5.49. The van der Waals surface area contributed by atoms with E-state index in [0.717, 1.165) is 26.0 Å². The number of aliphatic hydroxyl groups is 1. The summed E-state index contributed by atoms with van der Waals surface area (Å²) in [6.07, 6.45) is 7.74. The molecular formula is C13H25NO2. The Morgan fingerprint density at radius 2 is 2.00 bits per heavy atom. The summed E-state index contributed by atoms with van der Waals surface area (Å²) in [6.45, 7) is 4.23. The van der Waals surface area contributed by atoms with Crippen LogP contribution in [0.25, 0.3) is 0 Å². The molecule has 94 valence electrons. The lowest BCUT2D eigenvalue weighted by Gasteiger charge is -2.38. The summed E-state index contributed by atoms with van der Waals surface area (Å²) < 4.78 is 5.54. The summed E-state index contributed by atoms with van der Waals surface area (Å²) in [5.74, 6) is 0. The van der Waals surface area contributed by atoms with E-state index in [1.54, 1.807) is 0 Å². The van der Waals surface area contributed by atoms with Gasteiger partial charge in [-0.2, -0.15) is 0 Å². The highest BCUT2D eigenvalue weighted by atomic mass is 16.5. The van der Waals surface area contributed by atoms with Gasteiger partial charge in [0.25, 0.3) is 0 Å². The van der Waals surface area contributed by atoms with Crippen LogP contribution in [0.5, 0.6) is 0 Å². The molecule has 0 unspecified atom stereocenters. The van der Waals surface area contributed by atoms with Gasteiger partial charge in [0.15, 0.2) is 0 Å². The van der Waals surface area contributed by atoms with Crippen molar-refractivity contribution >= 4 is 0 Å². The molecule has 2 aliphatic carbocycles. The molecule has 0 aromatic heterocycles. The first-order valence-corrected chi connectivity index (χ1v) is 6.74. The van der Waals surface area contributed by atoms with Crippen LogP contribution in [0.2, 0.25) is 0 Å². The third-order valence-corrected chi connectivity index (χ3v) is 4.26. The normalized spacial score (nSPS) is 32.6. The van der Waals surface area contributed by atoms with Crippen LogP contribution < -0.4 is 5.32 Å². The lowest BCUT2D eigenvalue weighted by atomic mass is 9.84. The van der Waals surface area contributed by atoms with Gasteiger partial charge in [0, 0.05) is 31.2 Å². The van der Waals surface area contributed by atoms with Crippen molar-refractivity contribution in [3.63, 3.8) is 0 Å². The maximum absolute atomic E-state index is 9.49. The van der Waals surface area contributed by atoms with E-state index in [0.29, 0.717) is 18.8 Å². The van der Waals surface area contributed by atoms with E-state index in [1.165, 1.54) is 25.7 Å². The number of aliphatic hydroxyl groups excluding tert-OH is 1. The molecule has 3 heteroatoms. The summed E-state index contributed by atoms with van der Waals surface area (Å²) in [4.78, 5) is 0. The van der Waals surface area contributed by atoms with Crippen molar-refractivity contribution in [2.75, 3.05) is 19.8 Å². The largest absolute Gasteiger partial charge is 0.396 e. The predicted octanol–water partition coefficient (Wildman–Crippen LogP) is 1.70. The molecule has 0 saturated heterocycles. The Labute approximate surface area is 98.6 Å². The minimum absolute atomic E-state index is 0.191. The van der Waals surface area contributed by atoms with E-state index in [9.17, 15) is 5.11 Å². The number of ether oxygens (including phenoxy) is 1. The molecule has 0 aromatic rings. The van der Waals surface area contributed by atoms with E-state index in [4.69, 9.17) is 4.74 Å². The average Bonchev–Trinajstić information content (AvgIpc) is 2.71. The van der Waals surface area contributed by atoms with Crippen molar-refractivity contribution in [1.82, 2.24) is 5.32 Å². The Morgan fingerprint density at radius 1 is 1.31 bits per heavy atom. The fourth-order valence-corrected chi connectivity index (χ4v) is 2.98. The molecule has 2 aliphatic rings. The molecule has 16 heavy (non-hydrogen) atoms. The first-order chi connectivity index (χ1) is 7.78. The molecule has 2 rings (SSSR count). The zero-order valence-corrected chi connectivity index (χ0v) is 10.4. The molecule has 0 bridgehead atoms. The minimum Gasteiger partial charge on any atom is -0.396 e. The van der Waals surface area contributed by atoms with E-state index in [2.05, 4.69) is 12.2 Å². The van der Waals surface area contributed by atoms with Crippen molar-refractivity contribution in [2.45, 2.75) is 57.6 Å². The van der Waals surface area contributed by atoms with E-state index in [1.807, 2.05) is 0 Å². The Hall–Kier alpha value is -0.120. The third-order valence-electron chi connectivity index (χ3n) is 4.26. The first kappa shape index (κ1) is 12.3. The van der Waals surface area contributed by atoms with Crippen LogP contribution in [0.4, 0.5) is 0 Å². The molecule has 0 radical (unpaired) electrons. The topological polar surface area (TPSA) is 41.5 Å². The van der Waals surface area contributed by atoms with Gasteiger partial charge >= 0.3 is 0 Å². The zero-order chi connectivity index (χ0) is 11.4. The molecule has 0 aliphatic heterocycles. The van der Waals surface area contributed by atoms with Crippen molar-refractivity contribution < 1.29 is 9.84 Å². The highest BCUT2D eigenvalue weighted by molar-refractivity contribution is 4.91. The number of nitrogens with one attached hydrogen (secondary N) is 1. The van der Waals surface area contributed by atoms with Crippen LogP contribution in [-0.4, -0.2) is 37.0 Å². The molecule has 2 N–H and O–H groups in total. The molecule has 3 nitrogen and oxygen atoms in total. The second kappa shape index (κ2) is 5.48. The lowest BCUT2D eigenvalue weighted by molar-refractivity contribution is -0.0137. The SMILES string of the molecule is CCOC1CC(NCC2(CO)CCCC2)C1. The standard InChI is InChI=1S/C13H25NO2/c1-2-16-12-7-11(8-12)14-9-13(10-15)5-3-4-6-13/h11-12,14-15H,2-10H2,1H3. The average molecular weight is 227 g/mol. The van der Waals surface area contributed by atoms with E-state index in [-0.39, 0.29) is 5.41 Å². The molecular weight excluding hydrogens is 202 g/mol. The Kier molecular flexibility index (Phi) is 4.22. The molecule has 0 spiro atoms. The summed E-state index contributed by atoms with van der Waals surface area (Å²) in [7, 11) is 0. The quantitative estimate of drug-likeness (QED) is 0.725. The number of hydrogen-bond donors (Lipinski definition) is 2. The minimum atomic E-state index is 0.191. The predicted molar refractivity (Wildman–Crippen MR) is 64.4 cm³/mol. The Balaban J connectivity index is 1.64. The summed E-state index contributed by atoms with van der Waals surface area (Å²) in [5.41, 5.74) is 0.191. The highest BCUT2D eigenvalue weighted by Gasteiger charge is 2.36. The van der Waals surface area contributed by atoms with Crippen LogP contribution >= 0.6 is 0 Å². The first-order valence-electron chi connectivity index (χ1n) is 6.74. The van der Waals surface area contributed by atoms with Gasteiger partial charge in [0.1, 0.15) is 0 Å². The van der Waals surface area contributed by atoms with E-state index < -0.39 is 0 Å². The molecule has 0 amide bonds. The molecule has 0 heterocycles. The van der Waals surface area contributed by atoms with Gasteiger partial charge in [0.2, 0.25) is 0 Å². The zero-order valence-electron chi connectivity index (χ0n) is 10.4. The van der Waals surface area contributed by atoms with Crippen molar-refractivity contribution in [3.05, 3.63) is 0 Å². The fourth-order valence-electron chi connectivity index (χ4n) is 2.98. The van der Waals surface area contributed by atoms with Crippen molar-refractivity contribution in [1.29, 1.82) is 0 Å².